The van der Waals surface area contributed by atoms with Crippen molar-refractivity contribution in [3.63, 3.8) is 0 Å². The molecule has 0 saturated carbocycles. The van der Waals surface area contributed by atoms with Crippen molar-refractivity contribution < 1.29 is 14.0 Å². The van der Waals surface area contributed by atoms with Gasteiger partial charge in [0.25, 0.3) is 5.91 Å². The summed E-state index contributed by atoms with van der Waals surface area (Å²) in [6.07, 6.45) is 0.799. The van der Waals surface area contributed by atoms with E-state index in [1.54, 1.807) is 46.2 Å². The lowest BCUT2D eigenvalue weighted by molar-refractivity contribution is 0.102. The zero-order valence-corrected chi connectivity index (χ0v) is 17.3. The predicted octanol–water partition coefficient (Wildman–Crippen LogP) is 4.78. The maximum absolute atomic E-state index is 13.9. The summed E-state index contributed by atoms with van der Waals surface area (Å²) in [5.74, 6) is -1.14. The molecule has 3 aromatic carbocycles. The summed E-state index contributed by atoms with van der Waals surface area (Å²) in [6.45, 7) is 1.65. The number of hydrogen-bond acceptors (Lipinski definition) is 3. The van der Waals surface area contributed by atoms with Gasteiger partial charge in [0.2, 0.25) is 0 Å². The van der Waals surface area contributed by atoms with Crippen LogP contribution in [0.2, 0.25) is 0 Å². The quantitative estimate of drug-likeness (QED) is 0.635. The van der Waals surface area contributed by atoms with Crippen molar-refractivity contribution in [2.24, 2.45) is 0 Å². The fourth-order valence-electron chi connectivity index (χ4n) is 3.67. The first-order valence-electron chi connectivity index (χ1n) is 10.3. The first kappa shape index (κ1) is 21.1. The third-order valence-corrected chi connectivity index (χ3v) is 5.30. The fraction of sp³-hybridized carbons (Fsp3) is 0.160. The summed E-state index contributed by atoms with van der Waals surface area (Å²) in [6, 6.07) is 21.9. The molecule has 0 unspecified atom stereocenters. The minimum absolute atomic E-state index is 0.0412. The van der Waals surface area contributed by atoms with Gasteiger partial charge >= 0.3 is 6.03 Å². The van der Waals surface area contributed by atoms with Crippen molar-refractivity contribution in [1.82, 2.24) is 4.90 Å². The van der Waals surface area contributed by atoms with Gasteiger partial charge in [-0.3, -0.25) is 9.69 Å². The summed E-state index contributed by atoms with van der Waals surface area (Å²) in [7, 11) is 0. The summed E-state index contributed by atoms with van der Waals surface area (Å²) >= 11 is 0. The van der Waals surface area contributed by atoms with Crippen LogP contribution in [0.15, 0.2) is 72.8 Å². The molecule has 0 radical (unpaired) electrons. The maximum atomic E-state index is 13.9. The summed E-state index contributed by atoms with van der Waals surface area (Å²) in [4.78, 5) is 29.0. The van der Waals surface area contributed by atoms with Crippen LogP contribution >= 0.6 is 0 Å². The summed E-state index contributed by atoms with van der Waals surface area (Å²) in [5, 5.41) is 11.6. The zero-order chi connectivity index (χ0) is 22.5. The SMILES string of the molecule is N#Cc1ccc(CN2CCCN(c3cccc(NC(=O)c4ccccc4F)c3)C2=O)cc1. The number of rotatable bonds is 5. The van der Waals surface area contributed by atoms with Gasteiger partial charge in [-0.25, -0.2) is 9.18 Å². The second-order valence-corrected chi connectivity index (χ2v) is 7.50. The zero-order valence-electron chi connectivity index (χ0n) is 17.3. The van der Waals surface area contributed by atoms with E-state index < -0.39 is 11.7 Å². The smallest absolute Gasteiger partial charge is 0.322 e. The molecule has 32 heavy (non-hydrogen) atoms. The molecule has 1 aliphatic heterocycles. The Balaban J connectivity index is 1.48. The Labute approximate surface area is 185 Å². The number of amides is 3. The van der Waals surface area contributed by atoms with Crippen molar-refractivity contribution >= 4 is 23.3 Å². The van der Waals surface area contributed by atoms with Crippen molar-refractivity contribution in [3.8, 4) is 6.07 Å². The molecule has 1 aliphatic rings. The lowest BCUT2D eigenvalue weighted by atomic mass is 10.1. The number of carbonyl (C=O) groups is 2. The molecule has 7 heteroatoms. The van der Waals surface area contributed by atoms with Crippen LogP contribution in [0.3, 0.4) is 0 Å². The summed E-state index contributed by atoms with van der Waals surface area (Å²) in [5.41, 5.74) is 2.62. The van der Waals surface area contributed by atoms with Crippen molar-refractivity contribution in [1.29, 1.82) is 5.26 Å². The van der Waals surface area contributed by atoms with Gasteiger partial charge in [-0.2, -0.15) is 5.26 Å². The second-order valence-electron chi connectivity index (χ2n) is 7.50. The number of benzene rings is 3. The molecule has 0 aliphatic carbocycles. The molecule has 0 atom stereocenters. The molecule has 3 amide bonds. The molecule has 0 bridgehead atoms. The lowest BCUT2D eigenvalue weighted by Gasteiger charge is -2.36. The van der Waals surface area contributed by atoms with Gasteiger partial charge in [0, 0.05) is 31.0 Å². The van der Waals surface area contributed by atoms with Crippen molar-refractivity contribution in [2.75, 3.05) is 23.3 Å². The van der Waals surface area contributed by atoms with E-state index in [0.717, 1.165) is 12.0 Å². The van der Waals surface area contributed by atoms with Crippen LogP contribution < -0.4 is 10.2 Å². The average Bonchev–Trinajstić information content (AvgIpc) is 2.81. The Bertz CT molecular complexity index is 1190. The number of hydrogen-bond donors (Lipinski definition) is 1. The topological polar surface area (TPSA) is 76.4 Å². The highest BCUT2D eigenvalue weighted by molar-refractivity contribution is 6.05. The second kappa shape index (κ2) is 9.31. The van der Waals surface area contributed by atoms with E-state index in [2.05, 4.69) is 11.4 Å². The van der Waals surface area contributed by atoms with Gasteiger partial charge in [-0.15, -0.1) is 0 Å². The molecule has 4 rings (SSSR count). The van der Waals surface area contributed by atoms with E-state index >= 15 is 0 Å². The van der Waals surface area contributed by atoms with Crippen molar-refractivity contribution in [2.45, 2.75) is 13.0 Å². The largest absolute Gasteiger partial charge is 0.324 e. The van der Waals surface area contributed by atoms with Crippen LogP contribution in [-0.2, 0) is 6.54 Å². The number of anilines is 2. The number of nitriles is 1. The molecule has 3 aromatic rings. The lowest BCUT2D eigenvalue weighted by Crippen LogP contribution is -2.49. The van der Waals surface area contributed by atoms with Crippen LogP contribution in [0.4, 0.5) is 20.6 Å². The van der Waals surface area contributed by atoms with Gasteiger partial charge in [0.05, 0.1) is 17.2 Å². The molecular formula is C25H21FN4O2. The first-order valence-corrected chi connectivity index (χ1v) is 10.3. The standard InChI is InChI=1S/C25H21FN4O2/c26-23-8-2-1-7-22(23)24(31)28-20-5-3-6-21(15-20)30-14-4-13-29(25(30)32)17-19-11-9-18(16-27)10-12-19/h1-3,5-12,15H,4,13-14,17H2,(H,28,31). The van der Waals surface area contributed by atoms with Crippen LogP contribution in [0.1, 0.15) is 27.9 Å². The highest BCUT2D eigenvalue weighted by Gasteiger charge is 2.27. The highest BCUT2D eigenvalue weighted by Crippen LogP contribution is 2.25. The van der Waals surface area contributed by atoms with Gasteiger partial charge in [0.1, 0.15) is 5.82 Å². The molecule has 6 nitrogen and oxygen atoms in total. The Hall–Kier alpha value is -4.18. The number of nitrogens with zero attached hydrogens (tertiary/aromatic N) is 3. The average molecular weight is 428 g/mol. The van der Waals surface area contributed by atoms with E-state index in [-0.39, 0.29) is 11.6 Å². The normalized spacial score (nSPS) is 13.6. The number of carbonyl (C=O) groups excluding carboxylic acids is 2. The van der Waals surface area contributed by atoms with E-state index in [0.29, 0.717) is 36.6 Å². The summed E-state index contributed by atoms with van der Waals surface area (Å²) < 4.78 is 13.9. The molecule has 1 N–H and O–H groups in total. The molecule has 160 valence electrons. The molecule has 0 aromatic heterocycles. The van der Waals surface area contributed by atoms with Gasteiger partial charge < -0.3 is 10.2 Å². The number of urea groups is 1. The van der Waals surface area contributed by atoms with E-state index in [9.17, 15) is 14.0 Å². The highest BCUT2D eigenvalue weighted by atomic mass is 19.1. The number of nitrogens with one attached hydrogen (secondary N) is 1. The molecule has 1 saturated heterocycles. The minimum atomic E-state index is -0.592. The van der Waals surface area contributed by atoms with Crippen LogP contribution in [0.5, 0.6) is 0 Å². The van der Waals surface area contributed by atoms with Crippen LogP contribution in [0, 0.1) is 17.1 Å². The molecule has 1 heterocycles. The first-order chi connectivity index (χ1) is 15.5. The third-order valence-electron chi connectivity index (χ3n) is 5.30. The van der Waals surface area contributed by atoms with Crippen molar-refractivity contribution in [3.05, 3.63) is 95.3 Å². The molecule has 1 fully saturated rings. The maximum Gasteiger partial charge on any atom is 0.324 e. The van der Waals surface area contributed by atoms with E-state index in [4.69, 9.17) is 5.26 Å². The van der Waals surface area contributed by atoms with E-state index in [1.165, 1.54) is 18.2 Å². The van der Waals surface area contributed by atoms with Gasteiger partial charge in [0.15, 0.2) is 0 Å². The Morgan fingerprint density at radius 1 is 1.03 bits per heavy atom. The van der Waals surface area contributed by atoms with E-state index in [1.807, 2.05) is 18.2 Å². The molecule has 0 spiro atoms. The van der Waals surface area contributed by atoms with Crippen LogP contribution in [0.25, 0.3) is 0 Å². The predicted molar refractivity (Wildman–Crippen MR) is 120 cm³/mol. The number of halogens is 1. The van der Waals surface area contributed by atoms with Gasteiger partial charge in [-0.1, -0.05) is 30.3 Å². The monoisotopic (exact) mass is 428 g/mol. The van der Waals surface area contributed by atoms with Gasteiger partial charge in [-0.05, 0) is 54.4 Å². The molecular weight excluding hydrogens is 407 g/mol. The third kappa shape index (κ3) is 4.60. The Morgan fingerprint density at radius 2 is 1.81 bits per heavy atom. The fourth-order valence-corrected chi connectivity index (χ4v) is 3.67. The Kier molecular flexibility index (Phi) is 6.13. The Morgan fingerprint density at radius 3 is 2.56 bits per heavy atom. The van der Waals surface area contributed by atoms with Crippen LogP contribution in [-0.4, -0.2) is 29.9 Å². The minimum Gasteiger partial charge on any atom is -0.322 e.